The Bertz CT molecular complexity index is 2090. The zero-order chi connectivity index (χ0) is 29.9. The average Bonchev–Trinajstić information content (AvgIpc) is 3.46. The van der Waals surface area contributed by atoms with Crippen LogP contribution in [0.25, 0.3) is 28.2 Å². The predicted molar refractivity (Wildman–Crippen MR) is 143 cm³/mol. The van der Waals surface area contributed by atoms with E-state index in [0.29, 0.717) is 11.1 Å². The molecular formula is C25H22F3N7O4S2. The highest BCUT2D eigenvalue weighted by atomic mass is 32.2. The van der Waals surface area contributed by atoms with Crippen LogP contribution < -0.4 is 0 Å². The smallest absolute Gasteiger partial charge is 0.312 e. The molecular weight excluding hydrogens is 583 g/mol. The number of nitrogens with zero attached hydrogens (tertiary/aromatic N) is 7. The average molecular weight is 606 g/mol. The number of aryl methyl sites for hydroxylation is 2. The monoisotopic (exact) mass is 605 g/mol. The fourth-order valence-electron chi connectivity index (χ4n) is 4.14. The molecule has 11 nitrogen and oxygen atoms in total. The maximum Gasteiger partial charge on any atom is 0.417 e. The third-order valence-corrected chi connectivity index (χ3v) is 9.65. The van der Waals surface area contributed by atoms with Gasteiger partial charge in [-0.3, -0.25) is 4.79 Å². The van der Waals surface area contributed by atoms with E-state index >= 15 is 0 Å². The Hall–Kier alpha value is -4.18. The number of rotatable bonds is 5. The molecule has 0 bridgehead atoms. The van der Waals surface area contributed by atoms with Crippen LogP contribution in [-0.4, -0.2) is 59.7 Å². The van der Waals surface area contributed by atoms with Crippen LogP contribution in [-0.2, 0) is 32.8 Å². The van der Waals surface area contributed by atoms with E-state index < -0.39 is 42.2 Å². The van der Waals surface area contributed by atoms with Gasteiger partial charge in [0.2, 0.25) is 0 Å². The van der Waals surface area contributed by atoms with E-state index in [-0.39, 0.29) is 39.6 Å². The van der Waals surface area contributed by atoms with Crippen LogP contribution in [0, 0.1) is 6.92 Å². The first kappa shape index (κ1) is 28.4. The van der Waals surface area contributed by atoms with Crippen molar-refractivity contribution in [3.63, 3.8) is 0 Å². The maximum absolute atomic E-state index is 13.3. The first-order valence-corrected chi connectivity index (χ1v) is 15.6. The van der Waals surface area contributed by atoms with Gasteiger partial charge in [-0.2, -0.15) is 22.6 Å². The van der Waals surface area contributed by atoms with Crippen molar-refractivity contribution in [1.29, 1.82) is 0 Å². The summed E-state index contributed by atoms with van der Waals surface area (Å²) in [5.41, 5.74) is -0.670. The zero-order valence-corrected chi connectivity index (χ0v) is 23.7. The van der Waals surface area contributed by atoms with Gasteiger partial charge in [-0.25, -0.2) is 32.1 Å². The molecule has 0 saturated carbocycles. The lowest BCUT2D eigenvalue weighted by Crippen LogP contribution is -2.10. The maximum atomic E-state index is 13.3. The molecule has 4 aromatic heterocycles. The standard InChI is InChI=1S/C25H22F3N7O4S2/c1-5-41(38,39)24-19(22-31-17-12-15(25(26,27)28)13-30-20(17)34(22)3)21-29-11-10-18(35(21)32-24)23(36)33-40(4,37)16-8-6-14(2)7-9-16/h6-13H,5H2,1-4H3. The lowest BCUT2D eigenvalue weighted by molar-refractivity contribution is -0.137. The number of halogens is 3. The Labute approximate surface area is 232 Å². The van der Waals surface area contributed by atoms with Gasteiger partial charge in [0.05, 0.1) is 21.0 Å². The van der Waals surface area contributed by atoms with Crippen LogP contribution in [0.3, 0.4) is 0 Å². The van der Waals surface area contributed by atoms with Crippen molar-refractivity contribution in [3.05, 3.63) is 65.6 Å². The van der Waals surface area contributed by atoms with Gasteiger partial charge < -0.3 is 4.57 Å². The molecule has 0 aliphatic carbocycles. The molecule has 0 aliphatic rings. The molecule has 16 heteroatoms. The molecule has 0 aliphatic heterocycles. The van der Waals surface area contributed by atoms with Crippen LogP contribution in [0.15, 0.2) is 63.1 Å². The predicted octanol–water partition coefficient (Wildman–Crippen LogP) is 4.10. The molecule has 0 radical (unpaired) electrons. The summed E-state index contributed by atoms with van der Waals surface area (Å²) >= 11 is 0. The molecule has 5 aromatic rings. The van der Waals surface area contributed by atoms with Gasteiger partial charge in [-0.1, -0.05) is 24.6 Å². The van der Waals surface area contributed by atoms with E-state index in [1.807, 2.05) is 6.92 Å². The summed E-state index contributed by atoms with van der Waals surface area (Å²) < 4.78 is 85.7. The van der Waals surface area contributed by atoms with Crippen LogP contribution in [0.5, 0.6) is 0 Å². The number of aromatic nitrogens is 6. The Balaban J connectivity index is 1.76. The third kappa shape index (κ3) is 4.97. The van der Waals surface area contributed by atoms with Crippen LogP contribution >= 0.6 is 0 Å². The number of fused-ring (bicyclic) bond motifs is 2. The second-order valence-electron chi connectivity index (χ2n) is 9.22. The van der Waals surface area contributed by atoms with E-state index in [2.05, 4.69) is 24.4 Å². The third-order valence-electron chi connectivity index (χ3n) is 6.36. The van der Waals surface area contributed by atoms with Gasteiger partial charge in [0.25, 0.3) is 0 Å². The minimum absolute atomic E-state index is 0.0539. The van der Waals surface area contributed by atoms with Crippen LogP contribution in [0.1, 0.15) is 28.5 Å². The van der Waals surface area contributed by atoms with Crippen molar-refractivity contribution in [1.82, 2.24) is 29.1 Å². The number of amides is 1. The number of imidazole rings is 1. The first-order valence-electron chi connectivity index (χ1n) is 12.0. The Kier molecular flexibility index (Phi) is 6.73. The van der Waals surface area contributed by atoms with Crippen molar-refractivity contribution in [2.75, 3.05) is 12.0 Å². The highest BCUT2D eigenvalue weighted by Gasteiger charge is 2.33. The second-order valence-corrected chi connectivity index (χ2v) is 13.7. The van der Waals surface area contributed by atoms with E-state index in [4.69, 9.17) is 0 Å². The van der Waals surface area contributed by atoms with Gasteiger partial charge in [0.15, 0.2) is 26.2 Å². The summed E-state index contributed by atoms with van der Waals surface area (Å²) in [7, 11) is -5.81. The number of alkyl halides is 3. The highest BCUT2D eigenvalue weighted by Crippen LogP contribution is 2.35. The minimum Gasteiger partial charge on any atom is -0.312 e. The van der Waals surface area contributed by atoms with E-state index in [1.54, 1.807) is 24.3 Å². The number of carbonyl (C=O) groups is 1. The molecule has 1 amide bonds. The number of sulfone groups is 1. The number of hydrogen-bond donors (Lipinski definition) is 0. The summed E-state index contributed by atoms with van der Waals surface area (Å²) in [5, 5.41) is 3.69. The lowest BCUT2D eigenvalue weighted by Gasteiger charge is -2.06. The van der Waals surface area contributed by atoms with Crippen molar-refractivity contribution < 1.29 is 30.6 Å². The quantitative estimate of drug-likeness (QED) is 0.292. The molecule has 1 unspecified atom stereocenters. The largest absolute Gasteiger partial charge is 0.417 e. The topological polar surface area (TPSA) is 142 Å². The molecule has 0 N–H and O–H groups in total. The Morgan fingerprint density at radius 3 is 2.37 bits per heavy atom. The zero-order valence-electron chi connectivity index (χ0n) is 22.0. The SMILES string of the molecule is CCS(=O)(=O)c1nn2c(C(=O)N=S(C)(=O)c3ccc(C)cc3)ccnc2c1-c1nc2cc(C(F)(F)F)cnc2n1C. The van der Waals surface area contributed by atoms with E-state index in [1.165, 1.54) is 37.1 Å². The summed E-state index contributed by atoms with van der Waals surface area (Å²) in [6, 6.07) is 8.70. The van der Waals surface area contributed by atoms with Gasteiger partial charge >= 0.3 is 12.1 Å². The molecule has 5 rings (SSSR count). The minimum atomic E-state index is -4.67. The Morgan fingerprint density at radius 2 is 1.73 bits per heavy atom. The van der Waals surface area contributed by atoms with Gasteiger partial charge in [0.1, 0.15) is 22.6 Å². The number of pyridine rings is 1. The second kappa shape index (κ2) is 9.73. The van der Waals surface area contributed by atoms with Crippen molar-refractivity contribution in [2.24, 2.45) is 11.4 Å². The number of hydrogen-bond acceptors (Lipinski definition) is 8. The fraction of sp³-hybridized carbons (Fsp3) is 0.240. The normalized spacial score (nSPS) is 13.9. The van der Waals surface area contributed by atoms with Gasteiger partial charge in [-0.05, 0) is 31.2 Å². The van der Waals surface area contributed by atoms with Crippen molar-refractivity contribution >= 4 is 42.3 Å². The molecule has 41 heavy (non-hydrogen) atoms. The summed E-state index contributed by atoms with van der Waals surface area (Å²) in [4.78, 5) is 26.0. The van der Waals surface area contributed by atoms with Crippen LogP contribution in [0.4, 0.5) is 13.2 Å². The van der Waals surface area contributed by atoms with Gasteiger partial charge in [-0.15, -0.1) is 0 Å². The Morgan fingerprint density at radius 1 is 1.05 bits per heavy atom. The fourth-order valence-corrected chi connectivity index (χ4v) is 6.27. The molecule has 0 spiro atoms. The molecule has 4 heterocycles. The number of benzene rings is 1. The van der Waals surface area contributed by atoms with Crippen molar-refractivity contribution in [2.45, 2.75) is 29.9 Å². The molecule has 1 atom stereocenters. The van der Waals surface area contributed by atoms with E-state index in [9.17, 15) is 30.6 Å². The number of carbonyl (C=O) groups excluding carboxylic acids is 1. The summed E-state index contributed by atoms with van der Waals surface area (Å²) in [6.45, 7) is 3.24. The van der Waals surface area contributed by atoms with E-state index in [0.717, 1.165) is 16.1 Å². The molecule has 1 aromatic carbocycles. The molecule has 0 saturated heterocycles. The molecule has 0 fully saturated rings. The summed E-state index contributed by atoms with van der Waals surface area (Å²) in [5.74, 6) is -1.41. The lowest BCUT2D eigenvalue weighted by atomic mass is 10.2. The van der Waals surface area contributed by atoms with Gasteiger partial charge in [0, 0.05) is 30.6 Å². The van der Waals surface area contributed by atoms with Crippen LogP contribution in [0.2, 0.25) is 0 Å². The first-order chi connectivity index (χ1) is 19.1. The highest BCUT2D eigenvalue weighted by molar-refractivity contribution is 7.93. The van der Waals surface area contributed by atoms with Crippen molar-refractivity contribution in [3.8, 4) is 11.4 Å². The molecule has 214 valence electrons. The summed E-state index contributed by atoms with van der Waals surface area (Å²) in [6.07, 6.45) is -1.49.